The molecule has 0 fully saturated rings. The summed E-state index contributed by atoms with van der Waals surface area (Å²) in [6.45, 7) is 0. The zero-order valence-corrected chi connectivity index (χ0v) is 15.5. The quantitative estimate of drug-likeness (QED) is 0.853. The largest absolute Gasteiger partial charge is 0.497 e. The van der Waals surface area contributed by atoms with Crippen molar-refractivity contribution in [1.29, 1.82) is 0 Å². The first-order valence-corrected chi connectivity index (χ1v) is 8.48. The molecule has 1 aliphatic rings. The minimum absolute atomic E-state index is 0.532. The average Bonchev–Trinajstić information content (AvgIpc) is 3.08. The molecular weight excluding hydrogens is 332 g/mol. The summed E-state index contributed by atoms with van der Waals surface area (Å²) in [5.41, 5.74) is 3.96. The maximum atomic E-state index is 10.6. The van der Waals surface area contributed by atoms with Crippen molar-refractivity contribution in [1.82, 2.24) is 0 Å². The molecule has 0 bridgehead atoms. The van der Waals surface area contributed by atoms with Crippen molar-refractivity contribution >= 4 is 11.1 Å². The van der Waals surface area contributed by atoms with E-state index in [0.29, 0.717) is 23.7 Å². The summed E-state index contributed by atoms with van der Waals surface area (Å²) in [5, 5.41) is 10.6. The van der Waals surface area contributed by atoms with Crippen LogP contribution in [-0.2, 0) is 0 Å². The van der Waals surface area contributed by atoms with Crippen molar-refractivity contribution in [3.05, 3.63) is 47.5 Å². The molecule has 0 spiro atoms. The summed E-state index contributed by atoms with van der Waals surface area (Å²) in [7, 11) is 6.40. The van der Waals surface area contributed by atoms with Crippen molar-refractivity contribution in [2.45, 2.75) is 18.9 Å². The lowest BCUT2D eigenvalue weighted by molar-refractivity contribution is 0.231. The van der Waals surface area contributed by atoms with Crippen LogP contribution in [0.3, 0.4) is 0 Å². The van der Waals surface area contributed by atoms with Crippen molar-refractivity contribution < 1.29 is 24.1 Å². The summed E-state index contributed by atoms with van der Waals surface area (Å²) < 4.78 is 21.6. The second kappa shape index (κ2) is 7.70. The second-order valence-corrected chi connectivity index (χ2v) is 6.09. The third-order valence-electron chi connectivity index (χ3n) is 4.74. The minimum Gasteiger partial charge on any atom is -0.497 e. The van der Waals surface area contributed by atoms with Gasteiger partial charge in [0.05, 0.1) is 34.5 Å². The van der Waals surface area contributed by atoms with Crippen LogP contribution in [-0.4, -0.2) is 39.6 Å². The smallest absolute Gasteiger partial charge is 0.203 e. The summed E-state index contributed by atoms with van der Waals surface area (Å²) in [6, 6.07) is 11.7. The van der Waals surface area contributed by atoms with Gasteiger partial charge in [-0.3, -0.25) is 0 Å². The van der Waals surface area contributed by atoms with Gasteiger partial charge in [0.2, 0.25) is 5.75 Å². The van der Waals surface area contributed by atoms with Crippen LogP contribution in [0.1, 0.15) is 24.0 Å². The van der Waals surface area contributed by atoms with Crippen LogP contribution in [0.25, 0.3) is 11.1 Å². The van der Waals surface area contributed by atoms with Crippen LogP contribution in [0.5, 0.6) is 23.0 Å². The molecule has 1 N–H and O–H groups in total. The first kappa shape index (κ1) is 18.1. The van der Waals surface area contributed by atoms with Gasteiger partial charge in [-0.1, -0.05) is 12.1 Å². The molecule has 1 unspecified atom stereocenters. The summed E-state index contributed by atoms with van der Waals surface area (Å²) in [6.07, 6.45) is 0.960. The van der Waals surface area contributed by atoms with E-state index in [2.05, 4.69) is 0 Å². The number of aliphatic hydroxyl groups excluding tert-OH is 1. The molecule has 3 rings (SSSR count). The van der Waals surface area contributed by atoms with Gasteiger partial charge in [0.15, 0.2) is 11.5 Å². The van der Waals surface area contributed by atoms with Crippen molar-refractivity contribution in [3.8, 4) is 23.0 Å². The van der Waals surface area contributed by atoms with Crippen LogP contribution in [0.2, 0.25) is 0 Å². The zero-order valence-electron chi connectivity index (χ0n) is 15.5. The number of benzene rings is 2. The van der Waals surface area contributed by atoms with Crippen LogP contribution in [0, 0.1) is 0 Å². The van der Waals surface area contributed by atoms with E-state index in [4.69, 9.17) is 18.9 Å². The van der Waals surface area contributed by atoms with E-state index in [9.17, 15) is 5.11 Å². The van der Waals surface area contributed by atoms with Gasteiger partial charge in [-0.05, 0) is 59.4 Å². The molecule has 0 amide bonds. The average molecular weight is 356 g/mol. The molecular formula is C21H24O5. The van der Waals surface area contributed by atoms with E-state index >= 15 is 0 Å². The molecule has 0 aromatic heterocycles. The predicted octanol–water partition coefficient (Wildman–Crippen LogP) is 3.79. The van der Waals surface area contributed by atoms with Gasteiger partial charge in [-0.15, -0.1) is 0 Å². The van der Waals surface area contributed by atoms with Gasteiger partial charge in [0.25, 0.3) is 0 Å². The van der Waals surface area contributed by atoms with Crippen LogP contribution in [0.4, 0.5) is 0 Å². The Morgan fingerprint density at radius 3 is 1.92 bits per heavy atom. The summed E-state index contributed by atoms with van der Waals surface area (Å²) in [4.78, 5) is 0. The summed E-state index contributed by atoms with van der Waals surface area (Å²) >= 11 is 0. The Balaban J connectivity index is 2.14. The highest BCUT2D eigenvalue weighted by molar-refractivity contribution is 5.95. The molecule has 0 saturated carbocycles. The van der Waals surface area contributed by atoms with E-state index < -0.39 is 6.10 Å². The van der Waals surface area contributed by atoms with Crippen molar-refractivity contribution in [2.75, 3.05) is 28.4 Å². The van der Waals surface area contributed by atoms with Gasteiger partial charge in [-0.2, -0.15) is 0 Å². The molecule has 2 aromatic carbocycles. The van der Waals surface area contributed by atoms with Crippen LogP contribution in [0.15, 0.2) is 36.4 Å². The molecule has 0 heterocycles. The molecule has 138 valence electrons. The minimum atomic E-state index is -0.532. The highest BCUT2D eigenvalue weighted by Gasteiger charge is 2.27. The normalized spacial score (nSPS) is 16.6. The molecule has 26 heavy (non-hydrogen) atoms. The van der Waals surface area contributed by atoms with Gasteiger partial charge >= 0.3 is 0 Å². The third kappa shape index (κ3) is 3.22. The van der Waals surface area contributed by atoms with Crippen molar-refractivity contribution in [3.63, 3.8) is 0 Å². The van der Waals surface area contributed by atoms with Gasteiger partial charge in [-0.25, -0.2) is 0 Å². The fourth-order valence-corrected chi connectivity index (χ4v) is 3.46. The molecule has 0 radical (unpaired) electrons. The van der Waals surface area contributed by atoms with E-state index in [-0.39, 0.29) is 0 Å². The SMILES string of the molecule is COc1ccc(C2=C(c3cc(OC)c(OC)c(OC)c3)C(O)CC2)cc1. The van der Waals surface area contributed by atoms with Crippen LogP contribution < -0.4 is 18.9 Å². The number of ether oxygens (including phenoxy) is 4. The number of aliphatic hydroxyl groups is 1. The number of allylic oxidation sites excluding steroid dienone is 1. The topological polar surface area (TPSA) is 57.2 Å². The Hall–Kier alpha value is -2.66. The van der Waals surface area contributed by atoms with Crippen molar-refractivity contribution in [2.24, 2.45) is 0 Å². The second-order valence-electron chi connectivity index (χ2n) is 6.09. The van der Waals surface area contributed by atoms with Gasteiger partial charge < -0.3 is 24.1 Å². The molecule has 0 aliphatic heterocycles. The third-order valence-corrected chi connectivity index (χ3v) is 4.74. The Kier molecular flexibility index (Phi) is 5.38. The lowest BCUT2D eigenvalue weighted by Crippen LogP contribution is -2.05. The molecule has 5 heteroatoms. The van der Waals surface area contributed by atoms with E-state index in [0.717, 1.165) is 34.4 Å². The number of rotatable bonds is 6. The Morgan fingerprint density at radius 1 is 0.808 bits per heavy atom. The monoisotopic (exact) mass is 356 g/mol. The van der Waals surface area contributed by atoms with E-state index in [1.165, 1.54) is 0 Å². The summed E-state index contributed by atoms with van der Waals surface area (Å²) in [5.74, 6) is 2.49. The number of hydrogen-bond acceptors (Lipinski definition) is 5. The van der Waals surface area contributed by atoms with E-state index in [1.54, 1.807) is 28.4 Å². The van der Waals surface area contributed by atoms with Gasteiger partial charge in [0, 0.05) is 0 Å². The van der Waals surface area contributed by atoms with Gasteiger partial charge in [0.1, 0.15) is 5.75 Å². The zero-order chi connectivity index (χ0) is 18.7. The lowest BCUT2D eigenvalue weighted by atomic mass is 9.95. The predicted molar refractivity (Wildman–Crippen MR) is 101 cm³/mol. The van der Waals surface area contributed by atoms with Crippen LogP contribution >= 0.6 is 0 Å². The molecule has 1 aliphatic carbocycles. The fourth-order valence-electron chi connectivity index (χ4n) is 3.46. The molecule has 0 saturated heterocycles. The molecule has 5 nitrogen and oxygen atoms in total. The Labute approximate surface area is 153 Å². The Morgan fingerprint density at radius 2 is 1.42 bits per heavy atom. The lowest BCUT2D eigenvalue weighted by Gasteiger charge is -2.17. The number of methoxy groups -OCH3 is 4. The Bertz CT molecular complexity index is 783. The number of hydrogen-bond donors (Lipinski definition) is 1. The maximum Gasteiger partial charge on any atom is 0.203 e. The highest BCUT2D eigenvalue weighted by Crippen LogP contribution is 2.45. The highest BCUT2D eigenvalue weighted by atomic mass is 16.5. The fraction of sp³-hybridized carbons (Fsp3) is 0.333. The first-order chi connectivity index (χ1) is 12.6. The van der Waals surface area contributed by atoms with E-state index in [1.807, 2.05) is 36.4 Å². The molecule has 2 aromatic rings. The standard InChI is InChI=1S/C21H24O5/c1-23-15-7-5-13(6-8-15)16-9-10-17(22)20(16)14-11-18(24-2)21(26-4)19(12-14)25-3/h5-8,11-12,17,22H,9-10H2,1-4H3. The maximum absolute atomic E-state index is 10.6. The first-order valence-electron chi connectivity index (χ1n) is 8.48. The molecule has 1 atom stereocenters.